The lowest BCUT2D eigenvalue weighted by Gasteiger charge is -2.30. The first kappa shape index (κ1) is 24.6. The number of carbonyl (C=O) groups excluding carboxylic acids is 2. The average molecular weight is 506 g/mol. The van der Waals surface area contributed by atoms with Crippen molar-refractivity contribution in [3.05, 3.63) is 83.6 Å². The zero-order chi connectivity index (χ0) is 25.8. The zero-order valence-electron chi connectivity index (χ0n) is 20.5. The quantitative estimate of drug-likeness (QED) is 0.373. The summed E-state index contributed by atoms with van der Waals surface area (Å²) in [6.07, 6.45) is 1.75. The summed E-state index contributed by atoms with van der Waals surface area (Å²) in [7, 11) is 0. The number of halogens is 1. The predicted molar refractivity (Wildman–Crippen MR) is 133 cm³/mol. The van der Waals surface area contributed by atoms with Gasteiger partial charge < -0.3 is 19.4 Å². The molecule has 0 radical (unpaired) electrons. The molecule has 5 rings (SSSR count). The molecule has 37 heavy (non-hydrogen) atoms. The van der Waals surface area contributed by atoms with E-state index in [0.717, 1.165) is 12.8 Å². The topological polar surface area (TPSA) is 102 Å². The van der Waals surface area contributed by atoms with Gasteiger partial charge in [0, 0.05) is 19.7 Å². The molecule has 0 spiro atoms. The fourth-order valence-electron chi connectivity index (χ4n) is 4.50. The second kappa shape index (κ2) is 10.9. The van der Waals surface area contributed by atoms with Crippen LogP contribution in [0.5, 0.6) is 0 Å². The number of amides is 2. The summed E-state index contributed by atoms with van der Waals surface area (Å²) in [5, 5.41) is 11.2. The van der Waals surface area contributed by atoms with Crippen molar-refractivity contribution in [3.8, 4) is 0 Å². The number of fused-ring (bicyclic) bond motifs is 1. The summed E-state index contributed by atoms with van der Waals surface area (Å²) in [4.78, 5) is 28.9. The van der Waals surface area contributed by atoms with Gasteiger partial charge in [0.2, 0.25) is 5.91 Å². The lowest BCUT2D eigenvalue weighted by atomic mass is 10.1. The van der Waals surface area contributed by atoms with Gasteiger partial charge in [0.25, 0.3) is 5.91 Å². The molecule has 0 aliphatic carbocycles. The molecule has 2 amide bonds. The number of rotatable bonds is 9. The number of aromatic nitrogens is 3. The fourth-order valence-corrected chi connectivity index (χ4v) is 4.50. The lowest BCUT2D eigenvalue weighted by molar-refractivity contribution is -0.143. The van der Waals surface area contributed by atoms with E-state index < -0.39 is 6.04 Å². The molecule has 9 nitrogen and oxygen atoms in total. The summed E-state index contributed by atoms with van der Waals surface area (Å²) in [6.45, 7) is 2.70. The van der Waals surface area contributed by atoms with Crippen LogP contribution in [0.25, 0.3) is 11.0 Å². The molecule has 0 bridgehead atoms. The third-order valence-electron chi connectivity index (χ3n) is 6.41. The summed E-state index contributed by atoms with van der Waals surface area (Å²) in [5.74, 6) is -0.192. The third-order valence-corrected chi connectivity index (χ3v) is 6.41. The van der Waals surface area contributed by atoms with E-state index in [-0.39, 0.29) is 36.8 Å². The van der Waals surface area contributed by atoms with Gasteiger partial charge in [-0.05, 0) is 61.7 Å². The molecular weight excluding hydrogens is 477 g/mol. The number of para-hydroxylation sites is 1. The molecule has 1 aliphatic heterocycles. The van der Waals surface area contributed by atoms with Crippen LogP contribution in [0.2, 0.25) is 0 Å². The predicted octanol–water partition coefficient (Wildman–Crippen LogP) is 3.54. The molecule has 1 N–H and O–H groups in total. The number of nitrogens with zero attached hydrogens (tertiary/aromatic N) is 4. The molecule has 1 fully saturated rings. The maximum atomic E-state index is 13.8. The minimum atomic E-state index is -1.05. The number of furan rings is 1. The Bertz CT molecular complexity index is 1380. The van der Waals surface area contributed by atoms with Crippen LogP contribution >= 0.6 is 0 Å². The van der Waals surface area contributed by atoms with Gasteiger partial charge in [0.05, 0.1) is 11.6 Å². The molecule has 0 saturated carbocycles. The molecule has 4 aromatic rings. The molecule has 192 valence electrons. The Morgan fingerprint density at radius 2 is 1.97 bits per heavy atom. The highest BCUT2D eigenvalue weighted by Gasteiger charge is 2.35. The van der Waals surface area contributed by atoms with Crippen molar-refractivity contribution in [3.63, 3.8) is 0 Å². The van der Waals surface area contributed by atoms with E-state index in [1.54, 1.807) is 31.2 Å². The van der Waals surface area contributed by atoms with E-state index >= 15 is 0 Å². The van der Waals surface area contributed by atoms with Crippen molar-refractivity contribution in [2.24, 2.45) is 0 Å². The van der Waals surface area contributed by atoms with Crippen LogP contribution in [-0.2, 0) is 27.4 Å². The molecular formula is C27H28FN5O4. The zero-order valence-corrected chi connectivity index (χ0v) is 20.5. The number of carbonyl (C=O) groups is 2. The molecule has 2 aromatic heterocycles. The summed E-state index contributed by atoms with van der Waals surface area (Å²) < 4.78 is 26.6. The van der Waals surface area contributed by atoms with Crippen LogP contribution in [0.15, 0.2) is 65.1 Å². The van der Waals surface area contributed by atoms with Crippen LogP contribution < -0.4 is 5.32 Å². The average Bonchev–Trinajstić information content (AvgIpc) is 3.66. The largest absolute Gasteiger partial charge is 0.464 e. The van der Waals surface area contributed by atoms with Crippen LogP contribution in [0.3, 0.4) is 0 Å². The summed E-state index contributed by atoms with van der Waals surface area (Å²) in [6, 6.07) is 15.6. The number of hydrogen-bond donors (Lipinski definition) is 1. The van der Waals surface area contributed by atoms with Gasteiger partial charge in [-0.25, -0.2) is 9.07 Å². The fraction of sp³-hybridized carbons (Fsp3) is 0.333. The van der Waals surface area contributed by atoms with Crippen molar-refractivity contribution >= 4 is 22.8 Å². The summed E-state index contributed by atoms with van der Waals surface area (Å²) >= 11 is 0. The Hall–Kier alpha value is -4.05. The maximum absolute atomic E-state index is 13.8. The third kappa shape index (κ3) is 5.69. The minimum absolute atomic E-state index is 0.0590. The number of nitrogens with one attached hydrogen (secondary N) is 1. The first-order chi connectivity index (χ1) is 18.0. The lowest BCUT2D eigenvalue weighted by Crippen LogP contribution is -2.46. The standard InChI is InChI=1S/C27H28FN5O4/c1-18-8-13-24(37-18)26(27(35)29-15-21-5-4-14-36-21)32(16-19-9-11-20(28)12-10-19)25(34)17-33-23-7-3-2-6-22(23)30-31-33/h2-3,6-13,21,26H,4-5,14-17H2,1H3,(H,29,35)/t21-,26-/m1/s1. The van der Waals surface area contributed by atoms with Gasteiger partial charge in [-0.15, -0.1) is 5.10 Å². The normalized spacial score (nSPS) is 16.1. The Labute approximate surface area is 213 Å². The van der Waals surface area contributed by atoms with E-state index in [9.17, 15) is 14.0 Å². The molecule has 2 aromatic carbocycles. The molecule has 2 atom stereocenters. The highest BCUT2D eigenvalue weighted by Crippen LogP contribution is 2.27. The first-order valence-corrected chi connectivity index (χ1v) is 12.3. The monoisotopic (exact) mass is 505 g/mol. The molecule has 0 unspecified atom stereocenters. The van der Waals surface area contributed by atoms with Crippen LogP contribution in [-0.4, -0.2) is 51.0 Å². The van der Waals surface area contributed by atoms with Gasteiger partial charge in [0.1, 0.15) is 29.4 Å². The van der Waals surface area contributed by atoms with Gasteiger partial charge >= 0.3 is 0 Å². The van der Waals surface area contributed by atoms with Crippen molar-refractivity contribution in [2.75, 3.05) is 13.2 Å². The number of benzene rings is 2. The summed E-state index contributed by atoms with van der Waals surface area (Å²) in [5.41, 5.74) is 2.03. The molecule has 10 heteroatoms. The van der Waals surface area contributed by atoms with Gasteiger partial charge in [-0.1, -0.05) is 29.5 Å². The second-order valence-corrected chi connectivity index (χ2v) is 9.12. The van der Waals surface area contributed by atoms with Crippen LogP contribution in [0.4, 0.5) is 4.39 Å². The van der Waals surface area contributed by atoms with E-state index in [0.29, 0.717) is 41.3 Å². The van der Waals surface area contributed by atoms with E-state index in [2.05, 4.69) is 15.6 Å². The van der Waals surface area contributed by atoms with Crippen molar-refractivity contribution in [1.29, 1.82) is 0 Å². The van der Waals surface area contributed by atoms with Crippen LogP contribution in [0, 0.1) is 12.7 Å². The number of ether oxygens (including phenoxy) is 1. The SMILES string of the molecule is Cc1ccc([C@H](C(=O)NC[C@H]2CCCO2)N(Cc2ccc(F)cc2)C(=O)Cn2nnc3ccccc32)o1. The number of hydrogen-bond acceptors (Lipinski definition) is 6. The Morgan fingerprint density at radius 3 is 2.70 bits per heavy atom. The van der Waals surface area contributed by atoms with Gasteiger partial charge in [0.15, 0.2) is 6.04 Å². The highest BCUT2D eigenvalue weighted by atomic mass is 19.1. The molecule has 1 aliphatic rings. The number of aryl methyl sites for hydroxylation is 1. The van der Waals surface area contributed by atoms with Gasteiger partial charge in [-0.3, -0.25) is 9.59 Å². The smallest absolute Gasteiger partial charge is 0.250 e. The van der Waals surface area contributed by atoms with E-state index in [1.165, 1.54) is 21.7 Å². The maximum Gasteiger partial charge on any atom is 0.250 e. The first-order valence-electron chi connectivity index (χ1n) is 12.3. The van der Waals surface area contributed by atoms with E-state index in [1.807, 2.05) is 24.3 Å². The van der Waals surface area contributed by atoms with Crippen molar-refractivity contribution < 1.29 is 23.1 Å². The molecule has 3 heterocycles. The van der Waals surface area contributed by atoms with Crippen LogP contribution in [0.1, 0.15) is 36.0 Å². The van der Waals surface area contributed by atoms with Crippen molar-refractivity contribution in [2.45, 2.75) is 45.0 Å². The van der Waals surface area contributed by atoms with Gasteiger partial charge in [-0.2, -0.15) is 0 Å². The highest BCUT2D eigenvalue weighted by molar-refractivity contribution is 5.88. The Balaban J connectivity index is 1.47. The second-order valence-electron chi connectivity index (χ2n) is 9.12. The minimum Gasteiger partial charge on any atom is -0.464 e. The Kier molecular flexibility index (Phi) is 7.27. The Morgan fingerprint density at radius 1 is 1.16 bits per heavy atom. The molecule has 1 saturated heterocycles. The van der Waals surface area contributed by atoms with Crippen molar-refractivity contribution in [1.82, 2.24) is 25.2 Å². The van der Waals surface area contributed by atoms with E-state index in [4.69, 9.17) is 9.15 Å².